The lowest BCUT2D eigenvalue weighted by molar-refractivity contribution is 0.0919. The molecular formula is C18H21ClN2O4. The average Bonchev–Trinajstić information content (AvgIpc) is 3.18. The fraction of sp³-hybridized carbons (Fsp3) is 0.444. The molecule has 6 nitrogen and oxygen atoms in total. The molecule has 134 valence electrons. The molecule has 0 bridgehead atoms. The predicted molar refractivity (Wildman–Crippen MR) is 93.2 cm³/mol. The SMILES string of the molecule is CCCC1(NC(=O)c2cc(COc3ccc(Cl)cc3OC)on2)CC1. The summed E-state index contributed by atoms with van der Waals surface area (Å²) in [5.41, 5.74) is 0.224. The van der Waals surface area contributed by atoms with Crippen molar-refractivity contribution in [3.63, 3.8) is 0 Å². The fourth-order valence-corrected chi connectivity index (χ4v) is 2.93. The van der Waals surface area contributed by atoms with E-state index in [1.807, 2.05) is 0 Å². The minimum Gasteiger partial charge on any atom is -0.493 e. The Morgan fingerprint density at radius 1 is 1.36 bits per heavy atom. The second-order valence-corrected chi connectivity index (χ2v) is 6.68. The number of methoxy groups -OCH3 is 1. The van der Waals surface area contributed by atoms with E-state index in [1.54, 1.807) is 31.4 Å². The standard InChI is InChI=1S/C18H21ClN2O4/c1-3-6-18(7-8-18)20-17(22)14-10-13(25-21-14)11-24-15-5-4-12(19)9-16(15)23-2/h4-5,9-10H,3,6-8,11H2,1-2H3,(H,20,22). The summed E-state index contributed by atoms with van der Waals surface area (Å²) in [5, 5.41) is 7.46. The Kier molecular flexibility index (Phi) is 5.18. The Labute approximate surface area is 151 Å². The quantitative estimate of drug-likeness (QED) is 0.767. The van der Waals surface area contributed by atoms with Crippen molar-refractivity contribution in [3.05, 3.63) is 40.7 Å². The molecule has 2 aromatic rings. The van der Waals surface area contributed by atoms with Gasteiger partial charge < -0.3 is 19.3 Å². The smallest absolute Gasteiger partial charge is 0.273 e. The number of ether oxygens (including phenoxy) is 2. The number of carbonyl (C=O) groups is 1. The van der Waals surface area contributed by atoms with E-state index in [0.717, 1.165) is 25.7 Å². The normalized spacial score (nSPS) is 14.8. The van der Waals surface area contributed by atoms with Crippen LogP contribution in [-0.2, 0) is 6.61 Å². The zero-order valence-corrected chi connectivity index (χ0v) is 15.1. The van der Waals surface area contributed by atoms with E-state index in [2.05, 4.69) is 17.4 Å². The number of carbonyl (C=O) groups excluding carboxylic acids is 1. The first-order chi connectivity index (χ1) is 12.0. The van der Waals surface area contributed by atoms with Gasteiger partial charge >= 0.3 is 0 Å². The molecule has 0 atom stereocenters. The van der Waals surface area contributed by atoms with E-state index in [0.29, 0.717) is 22.3 Å². The lowest BCUT2D eigenvalue weighted by Crippen LogP contribution is -2.36. The minimum atomic E-state index is -0.204. The van der Waals surface area contributed by atoms with Gasteiger partial charge in [-0.1, -0.05) is 30.1 Å². The summed E-state index contributed by atoms with van der Waals surface area (Å²) in [4.78, 5) is 12.3. The van der Waals surface area contributed by atoms with Crippen LogP contribution in [0, 0.1) is 0 Å². The summed E-state index contributed by atoms with van der Waals surface area (Å²) in [6.07, 6.45) is 4.08. The second-order valence-electron chi connectivity index (χ2n) is 6.25. The highest BCUT2D eigenvalue weighted by Gasteiger charge is 2.43. The molecule has 0 spiro atoms. The summed E-state index contributed by atoms with van der Waals surface area (Å²) >= 11 is 5.92. The Morgan fingerprint density at radius 2 is 2.16 bits per heavy atom. The van der Waals surface area contributed by atoms with Crippen LogP contribution in [0.15, 0.2) is 28.8 Å². The number of nitrogens with zero attached hydrogens (tertiary/aromatic N) is 1. The van der Waals surface area contributed by atoms with Crippen LogP contribution in [0.3, 0.4) is 0 Å². The lowest BCUT2D eigenvalue weighted by atomic mass is 10.1. The Hall–Kier alpha value is -2.21. The molecule has 0 saturated heterocycles. The van der Waals surface area contributed by atoms with Gasteiger partial charge in [0.1, 0.15) is 6.61 Å². The summed E-state index contributed by atoms with van der Waals surface area (Å²) in [5.74, 6) is 1.32. The van der Waals surface area contributed by atoms with E-state index in [4.69, 9.17) is 25.6 Å². The molecule has 1 heterocycles. The molecule has 7 heteroatoms. The molecule has 1 aromatic carbocycles. The fourth-order valence-electron chi connectivity index (χ4n) is 2.77. The number of halogens is 1. The van der Waals surface area contributed by atoms with Crippen molar-refractivity contribution in [2.45, 2.75) is 44.8 Å². The van der Waals surface area contributed by atoms with Crippen molar-refractivity contribution >= 4 is 17.5 Å². The Bertz CT molecular complexity index is 755. The number of amides is 1. The molecule has 1 aromatic heterocycles. The minimum absolute atomic E-state index is 0.0435. The van der Waals surface area contributed by atoms with Crippen molar-refractivity contribution in [3.8, 4) is 11.5 Å². The molecule has 0 aliphatic heterocycles. The van der Waals surface area contributed by atoms with Crippen LogP contribution < -0.4 is 14.8 Å². The van der Waals surface area contributed by atoms with Gasteiger partial charge in [-0.3, -0.25) is 4.79 Å². The second kappa shape index (κ2) is 7.35. The van der Waals surface area contributed by atoms with E-state index in [1.165, 1.54) is 0 Å². The van der Waals surface area contributed by atoms with E-state index in [-0.39, 0.29) is 23.7 Å². The van der Waals surface area contributed by atoms with Gasteiger partial charge in [-0.15, -0.1) is 0 Å². The van der Waals surface area contributed by atoms with Crippen molar-refractivity contribution in [2.75, 3.05) is 7.11 Å². The van der Waals surface area contributed by atoms with Crippen LogP contribution >= 0.6 is 11.6 Å². The number of benzene rings is 1. The van der Waals surface area contributed by atoms with E-state index in [9.17, 15) is 4.79 Å². The third-order valence-electron chi connectivity index (χ3n) is 4.25. The predicted octanol–water partition coefficient (Wildman–Crippen LogP) is 3.98. The van der Waals surface area contributed by atoms with Crippen molar-refractivity contribution in [2.24, 2.45) is 0 Å². The summed E-state index contributed by atoms with van der Waals surface area (Å²) in [6, 6.07) is 6.69. The maximum absolute atomic E-state index is 12.3. The van der Waals surface area contributed by atoms with Crippen molar-refractivity contribution in [1.82, 2.24) is 10.5 Å². The summed E-state index contributed by atoms with van der Waals surface area (Å²) < 4.78 is 16.1. The topological polar surface area (TPSA) is 73.6 Å². The molecule has 1 aliphatic carbocycles. The van der Waals surface area contributed by atoms with E-state index >= 15 is 0 Å². The Morgan fingerprint density at radius 3 is 2.84 bits per heavy atom. The van der Waals surface area contributed by atoms with Crippen LogP contribution in [0.1, 0.15) is 48.9 Å². The van der Waals surface area contributed by atoms with Crippen LogP contribution in [0.5, 0.6) is 11.5 Å². The van der Waals surface area contributed by atoms with Crippen LogP contribution in [0.25, 0.3) is 0 Å². The molecule has 1 fully saturated rings. The summed E-state index contributed by atoms with van der Waals surface area (Å²) in [7, 11) is 1.54. The Balaban J connectivity index is 1.59. The van der Waals surface area contributed by atoms with Crippen molar-refractivity contribution in [1.29, 1.82) is 0 Å². The molecule has 0 unspecified atom stereocenters. The van der Waals surface area contributed by atoms with Crippen LogP contribution in [0.4, 0.5) is 0 Å². The van der Waals surface area contributed by atoms with Crippen LogP contribution in [0.2, 0.25) is 5.02 Å². The van der Waals surface area contributed by atoms with Gasteiger partial charge in [0.2, 0.25) is 0 Å². The molecule has 1 amide bonds. The number of aromatic nitrogens is 1. The largest absolute Gasteiger partial charge is 0.493 e. The van der Waals surface area contributed by atoms with E-state index < -0.39 is 0 Å². The first-order valence-corrected chi connectivity index (χ1v) is 8.67. The maximum Gasteiger partial charge on any atom is 0.273 e. The van der Waals surface area contributed by atoms with Gasteiger partial charge in [-0.2, -0.15) is 0 Å². The third kappa shape index (κ3) is 4.25. The lowest BCUT2D eigenvalue weighted by Gasteiger charge is -2.14. The molecule has 1 saturated carbocycles. The first kappa shape index (κ1) is 17.6. The molecule has 1 N–H and O–H groups in total. The van der Waals surface area contributed by atoms with Crippen molar-refractivity contribution < 1.29 is 18.8 Å². The zero-order chi connectivity index (χ0) is 17.9. The number of nitrogens with one attached hydrogen (secondary N) is 1. The number of rotatable bonds is 8. The maximum atomic E-state index is 12.3. The third-order valence-corrected chi connectivity index (χ3v) is 4.48. The van der Waals surface area contributed by atoms with Gasteiger partial charge in [-0.25, -0.2) is 0 Å². The monoisotopic (exact) mass is 364 g/mol. The molecular weight excluding hydrogens is 344 g/mol. The first-order valence-electron chi connectivity index (χ1n) is 8.30. The van der Waals surface area contributed by atoms with Crippen LogP contribution in [-0.4, -0.2) is 23.7 Å². The average molecular weight is 365 g/mol. The van der Waals surface area contributed by atoms with Gasteiger partial charge in [0.15, 0.2) is 23.0 Å². The molecule has 3 rings (SSSR count). The van der Waals surface area contributed by atoms with Gasteiger partial charge in [0, 0.05) is 22.7 Å². The highest BCUT2D eigenvalue weighted by molar-refractivity contribution is 6.30. The summed E-state index contributed by atoms with van der Waals surface area (Å²) in [6.45, 7) is 2.25. The van der Waals surface area contributed by atoms with Gasteiger partial charge in [0.25, 0.3) is 5.91 Å². The van der Waals surface area contributed by atoms with Gasteiger partial charge in [0.05, 0.1) is 7.11 Å². The molecule has 25 heavy (non-hydrogen) atoms. The molecule has 1 aliphatic rings. The number of hydrogen-bond acceptors (Lipinski definition) is 5. The highest BCUT2D eigenvalue weighted by Crippen LogP contribution is 2.39. The zero-order valence-electron chi connectivity index (χ0n) is 14.3. The highest BCUT2D eigenvalue weighted by atomic mass is 35.5. The van der Waals surface area contributed by atoms with Gasteiger partial charge in [-0.05, 0) is 31.4 Å². The number of hydrogen-bond donors (Lipinski definition) is 1. The molecule has 0 radical (unpaired) electrons.